The van der Waals surface area contributed by atoms with E-state index in [1.54, 1.807) is 24.3 Å². The monoisotopic (exact) mass is 387 g/mol. The van der Waals surface area contributed by atoms with Gasteiger partial charge in [0.05, 0.1) is 30.7 Å². The first-order chi connectivity index (χ1) is 13.0. The average molecular weight is 387 g/mol. The van der Waals surface area contributed by atoms with Gasteiger partial charge in [-0.05, 0) is 36.8 Å². The number of nitrogens with zero attached hydrogens (tertiary/aromatic N) is 3. The van der Waals surface area contributed by atoms with Gasteiger partial charge in [0.25, 0.3) is 11.7 Å². The summed E-state index contributed by atoms with van der Waals surface area (Å²) in [6.07, 6.45) is 2.54. The van der Waals surface area contributed by atoms with Gasteiger partial charge in [-0.2, -0.15) is 0 Å². The van der Waals surface area contributed by atoms with Gasteiger partial charge in [0.1, 0.15) is 13.1 Å². The van der Waals surface area contributed by atoms with Crippen molar-refractivity contribution in [2.24, 2.45) is 0 Å². The van der Waals surface area contributed by atoms with Gasteiger partial charge in [0, 0.05) is 18.2 Å². The molecule has 0 saturated carbocycles. The summed E-state index contributed by atoms with van der Waals surface area (Å²) >= 11 is 0. The van der Waals surface area contributed by atoms with Gasteiger partial charge in [0.2, 0.25) is 10.0 Å². The van der Waals surface area contributed by atoms with Gasteiger partial charge in [-0.15, -0.1) is 0 Å². The molecule has 0 bridgehead atoms. The van der Waals surface area contributed by atoms with E-state index in [4.69, 9.17) is 0 Å². The van der Waals surface area contributed by atoms with E-state index in [9.17, 15) is 13.2 Å². The van der Waals surface area contributed by atoms with E-state index < -0.39 is 10.0 Å². The standard InChI is InChI=1S/C19H22N4O3S/c24-19(22-13-11-21(12-14-22)18-4-1-2-9-20-18)16-5-7-17(8-6-16)23-10-3-15-27(23,25)26/h1-2,4-9H,3,10-15H2/p+1. The highest BCUT2D eigenvalue weighted by Crippen LogP contribution is 2.24. The Hall–Kier alpha value is -2.61. The number of amides is 1. The summed E-state index contributed by atoms with van der Waals surface area (Å²) in [5, 5.41) is 0. The molecule has 1 amide bonds. The number of carbonyl (C=O) groups excluding carboxylic acids is 1. The topological polar surface area (TPSA) is 75.1 Å². The number of benzene rings is 1. The van der Waals surface area contributed by atoms with Gasteiger partial charge in [0.15, 0.2) is 0 Å². The Bertz CT molecular complexity index is 908. The fourth-order valence-electron chi connectivity index (χ4n) is 3.61. The van der Waals surface area contributed by atoms with E-state index in [2.05, 4.69) is 9.88 Å². The number of carbonyl (C=O) groups is 1. The predicted octanol–water partition coefficient (Wildman–Crippen LogP) is 1.00. The molecule has 0 spiro atoms. The molecule has 1 aromatic heterocycles. The molecule has 3 heterocycles. The minimum Gasteiger partial charge on any atom is -0.331 e. The Balaban J connectivity index is 1.40. The molecular formula is C19H23N4O3S+. The molecule has 27 heavy (non-hydrogen) atoms. The highest BCUT2D eigenvalue weighted by molar-refractivity contribution is 7.93. The van der Waals surface area contributed by atoms with Crippen molar-refractivity contribution < 1.29 is 18.2 Å². The van der Waals surface area contributed by atoms with E-state index in [0.717, 1.165) is 18.9 Å². The summed E-state index contributed by atoms with van der Waals surface area (Å²) in [4.78, 5) is 20.1. The summed E-state index contributed by atoms with van der Waals surface area (Å²) in [6.45, 7) is 3.37. The Labute approximate surface area is 159 Å². The first-order valence-electron chi connectivity index (χ1n) is 9.16. The largest absolute Gasteiger partial charge is 0.331 e. The summed E-state index contributed by atoms with van der Waals surface area (Å²) < 4.78 is 25.5. The maximum atomic E-state index is 12.8. The number of H-pyrrole nitrogens is 1. The molecule has 2 aromatic rings. The molecule has 4 rings (SSSR count). The second-order valence-electron chi connectivity index (χ2n) is 6.82. The number of hydrogen-bond donors (Lipinski definition) is 0. The molecule has 2 aliphatic heterocycles. The first-order valence-corrected chi connectivity index (χ1v) is 10.8. The smallest absolute Gasteiger partial charge is 0.274 e. The van der Waals surface area contributed by atoms with Crippen LogP contribution in [0, 0.1) is 0 Å². The molecule has 0 radical (unpaired) electrons. The van der Waals surface area contributed by atoms with Crippen LogP contribution in [0.5, 0.6) is 0 Å². The molecular weight excluding hydrogens is 364 g/mol. The number of aromatic nitrogens is 1. The number of sulfonamides is 1. The van der Waals surface area contributed by atoms with Crippen molar-refractivity contribution in [2.45, 2.75) is 6.42 Å². The van der Waals surface area contributed by atoms with Crippen LogP contribution < -0.4 is 14.2 Å². The summed E-state index contributed by atoms with van der Waals surface area (Å²) in [5.41, 5.74) is 1.23. The molecule has 7 nitrogen and oxygen atoms in total. The summed E-state index contributed by atoms with van der Waals surface area (Å²) in [6, 6.07) is 12.9. The van der Waals surface area contributed by atoms with Crippen LogP contribution in [0.4, 0.5) is 11.5 Å². The zero-order chi connectivity index (χ0) is 18.9. The summed E-state index contributed by atoms with van der Waals surface area (Å²) in [7, 11) is -3.20. The van der Waals surface area contributed by atoms with E-state index >= 15 is 0 Å². The lowest BCUT2D eigenvalue weighted by Gasteiger charge is -2.31. The van der Waals surface area contributed by atoms with Crippen LogP contribution in [0.15, 0.2) is 48.7 Å². The second-order valence-corrected chi connectivity index (χ2v) is 8.83. The Morgan fingerprint density at radius 2 is 1.67 bits per heavy atom. The number of rotatable bonds is 3. The lowest BCUT2D eigenvalue weighted by Crippen LogP contribution is -2.50. The minimum absolute atomic E-state index is 0.0116. The average Bonchev–Trinajstić information content (AvgIpc) is 3.07. The Morgan fingerprint density at radius 3 is 2.26 bits per heavy atom. The van der Waals surface area contributed by atoms with Gasteiger partial charge >= 0.3 is 0 Å². The zero-order valence-corrected chi connectivity index (χ0v) is 15.9. The fraction of sp³-hybridized carbons (Fsp3) is 0.368. The highest BCUT2D eigenvalue weighted by Gasteiger charge is 2.29. The van der Waals surface area contributed by atoms with Crippen LogP contribution in [0.2, 0.25) is 0 Å². The van der Waals surface area contributed by atoms with Gasteiger partial charge in [-0.1, -0.05) is 6.07 Å². The molecule has 0 unspecified atom stereocenters. The Morgan fingerprint density at radius 1 is 0.926 bits per heavy atom. The third-order valence-corrected chi connectivity index (χ3v) is 6.97. The molecule has 0 aliphatic carbocycles. The molecule has 2 saturated heterocycles. The lowest BCUT2D eigenvalue weighted by atomic mass is 10.1. The van der Waals surface area contributed by atoms with Crippen molar-refractivity contribution in [1.82, 2.24) is 4.90 Å². The normalized spacial score (nSPS) is 19.3. The molecule has 2 fully saturated rings. The van der Waals surface area contributed by atoms with Crippen molar-refractivity contribution in [3.8, 4) is 0 Å². The molecule has 0 atom stereocenters. The number of nitrogens with one attached hydrogen (secondary N) is 1. The van der Waals surface area contributed by atoms with Crippen LogP contribution in [0.25, 0.3) is 0 Å². The van der Waals surface area contributed by atoms with E-state index in [-0.39, 0.29) is 11.7 Å². The van der Waals surface area contributed by atoms with E-state index in [1.807, 2.05) is 29.3 Å². The van der Waals surface area contributed by atoms with Crippen LogP contribution in [-0.2, 0) is 10.0 Å². The van der Waals surface area contributed by atoms with Crippen molar-refractivity contribution in [2.75, 3.05) is 47.7 Å². The fourth-order valence-corrected chi connectivity index (χ4v) is 5.18. The zero-order valence-electron chi connectivity index (χ0n) is 15.0. The highest BCUT2D eigenvalue weighted by atomic mass is 32.2. The first kappa shape index (κ1) is 17.8. The number of anilines is 2. The van der Waals surface area contributed by atoms with E-state index in [0.29, 0.717) is 37.3 Å². The van der Waals surface area contributed by atoms with Crippen molar-refractivity contribution in [1.29, 1.82) is 0 Å². The maximum absolute atomic E-state index is 12.8. The third-order valence-electron chi connectivity index (χ3n) is 5.10. The maximum Gasteiger partial charge on any atom is 0.274 e. The second kappa shape index (κ2) is 7.19. The van der Waals surface area contributed by atoms with Crippen molar-refractivity contribution in [3.05, 3.63) is 54.2 Å². The number of pyridine rings is 1. The van der Waals surface area contributed by atoms with Crippen LogP contribution >= 0.6 is 0 Å². The molecule has 8 heteroatoms. The SMILES string of the molecule is O=C(c1ccc(N2CCCS2(=O)=O)cc1)N1CCN(c2cccc[nH+]2)CC1. The number of piperazine rings is 1. The van der Waals surface area contributed by atoms with Crippen LogP contribution in [-0.4, -0.2) is 57.7 Å². The number of aromatic amines is 1. The third kappa shape index (κ3) is 3.62. The van der Waals surface area contributed by atoms with Crippen LogP contribution in [0.3, 0.4) is 0 Å². The predicted molar refractivity (Wildman–Crippen MR) is 103 cm³/mol. The van der Waals surface area contributed by atoms with E-state index in [1.165, 1.54) is 4.31 Å². The molecule has 1 N–H and O–H groups in total. The molecule has 2 aliphatic rings. The van der Waals surface area contributed by atoms with Gasteiger partial charge in [-0.3, -0.25) is 14.0 Å². The molecule has 142 valence electrons. The van der Waals surface area contributed by atoms with Gasteiger partial charge < -0.3 is 4.90 Å². The Kier molecular flexibility index (Phi) is 4.73. The molecule has 1 aromatic carbocycles. The summed E-state index contributed by atoms with van der Waals surface area (Å²) in [5.74, 6) is 1.24. The van der Waals surface area contributed by atoms with Crippen LogP contribution in [0.1, 0.15) is 16.8 Å². The quantitative estimate of drug-likeness (QED) is 0.788. The van der Waals surface area contributed by atoms with Gasteiger partial charge in [-0.25, -0.2) is 13.4 Å². The lowest BCUT2D eigenvalue weighted by molar-refractivity contribution is -0.364. The van der Waals surface area contributed by atoms with Crippen molar-refractivity contribution in [3.63, 3.8) is 0 Å². The number of hydrogen-bond acceptors (Lipinski definition) is 4. The minimum atomic E-state index is -3.20. The van der Waals surface area contributed by atoms with Crippen molar-refractivity contribution >= 4 is 27.4 Å².